The van der Waals surface area contributed by atoms with E-state index in [4.69, 9.17) is 19.1 Å². The van der Waals surface area contributed by atoms with Crippen LogP contribution < -0.4 is 14.8 Å². The van der Waals surface area contributed by atoms with Crippen LogP contribution in [0.1, 0.15) is 11.3 Å². The Morgan fingerprint density at radius 1 is 1.35 bits per heavy atom. The van der Waals surface area contributed by atoms with E-state index in [1.165, 1.54) is 6.07 Å². The summed E-state index contributed by atoms with van der Waals surface area (Å²) in [5, 5.41) is 15.4. The van der Waals surface area contributed by atoms with E-state index in [1.54, 1.807) is 0 Å². The summed E-state index contributed by atoms with van der Waals surface area (Å²) in [4.78, 5) is 11.4. The molecule has 0 unspecified atom stereocenters. The highest BCUT2D eigenvalue weighted by Gasteiger charge is 2.16. The highest BCUT2D eigenvalue weighted by Crippen LogP contribution is 2.28. The zero-order valence-electron chi connectivity index (χ0n) is 14.0. The number of aryl methyl sites for hydroxylation is 1. The Bertz CT molecular complexity index is 862. The van der Waals surface area contributed by atoms with E-state index in [9.17, 15) is 4.79 Å². The maximum absolute atomic E-state index is 11.4. The second-order valence-corrected chi connectivity index (χ2v) is 6.01. The number of nitrogens with one attached hydrogen (secondary N) is 1. The van der Waals surface area contributed by atoms with E-state index in [2.05, 4.69) is 14.8 Å². The van der Waals surface area contributed by atoms with Crippen molar-refractivity contribution in [3.63, 3.8) is 0 Å². The minimum atomic E-state index is -0.657. The van der Waals surface area contributed by atoms with Gasteiger partial charge >= 0.3 is 6.09 Å². The Balaban J connectivity index is 1.64. The number of rotatable bonds is 7. The van der Waals surface area contributed by atoms with Crippen molar-refractivity contribution >= 4 is 17.6 Å². The van der Waals surface area contributed by atoms with Gasteiger partial charge in [0.1, 0.15) is 18.1 Å². The number of hydrogen-bond donors (Lipinski definition) is 2. The quantitative estimate of drug-likeness (QED) is 0.654. The molecule has 0 atom stereocenters. The lowest BCUT2D eigenvalue weighted by Crippen LogP contribution is -2.29. The molecule has 0 aliphatic heterocycles. The molecule has 2 N–H and O–H groups in total. The first-order chi connectivity index (χ1) is 12.7. The largest absolute Gasteiger partial charge is 0.472 e. The van der Waals surface area contributed by atoms with Crippen molar-refractivity contribution in [3.05, 3.63) is 47.7 Å². The van der Waals surface area contributed by atoms with Gasteiger partial charge in [-0.25, -0.2) is 4.79 Å². The van der Waals surface area contributed by atoms with Crippen LogP contribution in [0.15, 0.2) is 40.9 Å². The normalized spacial score (nSPS) is 10.5. The third-order valence-electron chi connectivity index (χ3n) is 3.44. The smallest absolute Gasteiger partial charge is 0.413 e. The van der Waals surface area contributed by atoms with Crippen molar-refractivity contribution in [1.29, 1.82) is 0 Å². The Labute approximate surface area is 153 Å². The lowest BCUT2D eigenvalue weighted by Gasteiger charge is -2.04. The number of carbonyl (C=O) groups is 1. The fourth-order valence-electron chi connectivity index (χ4n) is 2.18. The zero-order valence-corrected chi connectivity index (χ0v) is 14.8. The topological polar surface area (TPSA) is 107 Å². The van der Waals surface area contributed by atoms with Gasteiger partial charge in [-0.15, -0.1) is 0 Å². The number of amides is 1. The molecular weight excluding hydrogens is 358 g/mol. The van der Waals surface area contributed by atoms with Gasteiger partial charge in [0.15, 0.2) is 0 Å². The molecule has 0 fully saturated rings. The van der Waals surface area contributed by atoms with Gasteiger partial charge in [0.25, 0.3) is 0 Å². The van der Waals surface area contributed by atoms with Crippen LogP contribution in [-0.4, -0.2) is 33.9 Å². The summed E-state index contributed by atoms with van der Waals surface area (Å²) in [5.41, 5.74) is 2.48. The third-order valence-corrected chi connectivity index (χ3v) is 4.09. The van der Waals surface area contributed by atoms with Crippen LogP contribution in [-0.2, 0) is 6.61 Å². The Morgan fingerprint density at radius 2 is 2.15 bits per heavy atom. The average molecular weight is 375 g/mol. The molecule has 0 bridgehead atoms. The van der Waals surface area contributed by atoms with Gasteiger partial charge in [-0.3, -0.25) is 0 Å². The van der Waals surface area contributed by atoms with Crippen molar-refractivity contribution < 1.29 is 23.9 Å². The average Bonchev–Trinajstić information content (AvgIpc) is 3.25. The molecule has 0 aliphatic carbocycles. The molecule has 8 nitrogen and oxygen atoms in total. The zero-order chi connectivity index (χ0) is 18.4. The molecule has 1 aromatic carbocycles. The summed E-state index contributed by atoms with van der Waals surface area (Å²) in [6.07, 6.45) is -0.657. The van der Waals surface area contributed by atoms with Crippen molar-refractivity contribution in [3.8, 4) is 22.2 Å². The molecule has 0 radical (unpaired) electrons. The molecule has 0 spiro atoms. The molecule has 136 valence electrons. The molecule has 0 aliphatic rings. The van der Waals surface area contributed by atoms with Crippen LogP contribution in [0.5, 0.6) is 10.9 Å². The van der Waals surface area contributed by atoms with E-state index >= 15 is 0 Å². The number of hydrogen-bond acceptors (Lipinski definition) is 8. The first-order valence-corrected chi connectivity index (χ1v) is 8.61. The van der Waals surface area contributed by atoms with Crippen LogP contribution in [0.3, 0.4) is 0 Å². The summed E-state index contributed by atoms with van der Waals surface area (Å²) in [7, 11) is 0. The van der Waals surface area contributed by atoms with Crippen molar-refractivity contribution in [2.45, 2.75) is 13.5 Å². The molecule has 2 aromatic heterocycles. The van der Waals surface area contributed by atoms with E-state index < -0.39 is 6.09 Å². The highest BCUT2D eigenvalue weighted by molar-refractivity contribution is 7.08. The summed E-state index contributed by atoms with van der Waals surface area (Å²) >= 11 is 0.994. The predicted molar refractivity (Wildman–Crippen MR) is 94.2 cm³/mol. The third kappa shape index (κ3) is 4.38. The second kappa shape index (κ2) is 8.45. The second-order valence-electron chi connectivity index (χ2n) is 5.24. The van der Waals surface area contributed by atoms with E-state index in [1.807, 2.05) is 37.3 Å². The van der Waals surface area contributed by atoms with Crippen LogP contribution >= 0.6 is 11.5 Å². The summed E-state index contributed by atoms with van der Waals surface area (Å²) in [5.74, 6) is 0.999. The van der Waals surface area contributed by atoms with Gasteiger partial charge in [0.2, 0.25) is 10.9 Å². The maximum Gasteiger partial charge on any atom is 0.413 e. The standard InChI is InChI=1S/C17H17N3O5S/c1-11-13(16(19-25-11)12-5-3-2-4-6-12)10-23-14-9-15(26-20-14)24-17(22)18-7-8-21/h2-6,9,21H,7-8,10H2,1H3,(H,18,22). The minimum absolute atomic E-state index is 0.121. The van der Waals surface area contributed by atoms with E-state index in [0.717, 1.165) is 28.4 Å². The number of ether oxygens (including phenoxy) is 2. The van der Waals surface area contributed by atoms with E-state index in [0.29, 0.717) is 16.7 Å². The number of nitrogens with zero attached hydrogens (tertiary/aromatic N) is 2. The predicted octanol–water partition coefficient (Wildman–Crippen LogP) is 2.77. The maximum atomic E-state index is 11.4. The van der Waals surface area contributed by atoms with Gasteiger partial charge in [-0.05, 0) is 6.92 Å². The summed E-state index contributed by atoms with van der Waals surface area (Å²) in [6.45, 7) is 2.00. The number of aliphatic hydroxyl groups is 1. The molecule has 9 heteroatoms. The van der Waals surface area contributed by atoms with E-state index in [-0.39, 0.29) is 19.8 Å². The van der Waals surface area contributed by atoms with Crippen LogP contribution in [0.25, 0.3) is 11.3 Å². The van der Waals surface area contributed by atoms with Crippen LogP contribution in [0.4, 0.5) is 4.79 Å². The SMILES string of the molecule is Cc1onc(-c2ccccc2)c1COc1cc(OC(=O)NCCO)sn1. The first kappa shape index (κ1) is 17.9. The molecule has 3 aromatic rings. The summed E-state index contributed by atoms with van der Waals surface area (Å²) < 4.78 is 20.1. The van der Waals surface area contributed by atoms with Crippen molar-refractivity contribution in [2.24, 2.45) is 0 Å². The number of carbonyl (C=O) groups excluding carboxylic acids is 1. The van der Waals surface area contributed by atoms with Crippen molar-refractivity contribution in [2.75, 3.05) is 13.2 Å². The van der Waals surface area contributed by atoms with Crippen molar-refractivity contribution in [1.82, 2.24) is 14.8 Å². The fourth-order valence-corrected chi connectivity index (χ4v) is 2.73. The number of aliphatic hydroxyl groups excluding tert-OH is 1. The number of aromatic nitrogens is 2. The van der Waals surface area contributed by atoms with Gasteiger partial charge < -0.3 is 24.4 Å². The summed E-state index contributed by atoms with van der Waals surface area (Å²) in [6, 6.07) is 11.2. The Hall–Kier alpha value is -2.91. The molecule has 3 rings (SSSR count). The van der Waals surface area contributed by atoms with Gasteiger partial charge in [0.05, 0.1) is 18.2 Å². The lowest BCUT2D eigenvalue weighted by molar-refractivity contribution is 0.197. The molecule has 26 heavy (non-hydrogen) atoms. The van der Waals surface area contributed by atoms with Crippen LogP contribution in [0, 0.1) is 6.92 Å². The molecule has 0 saturated heterocycles. The molecule has 0 saturated carbocycles. The van der Waals surface area contributed by atoms with Crippen LogP contribution in [0.2, 0.25) is 0 Å². The monoisotopic (exact) mass is 375 g/mol. The Morgan fingerprint density at radius 3 is 2.92 bits per heavy atom. The Kier molecular flexibility index (Phi) is 5.82. The number of benzene rings is 1. The molecular formula is C17H17N3O5S. The van der Waals surface area contributed by atoms with Gasteiger partial charge in [-0.1, -0.05) is 35.5 Å². The molecule has 2 heterocycles. The lowest BCUT2D eigenvalue weighted by atomic mass is 10.1. The fraction of sp³-hybridized carbons (Fsp3) is 0.235. The minimum Gasteiger partial charge on any atom is -0.472 e. The highest BCUT2D eigenvalue weighted by atomic mass is 32.1. The first-order valence-electron chi connectivity index (χ1n) is 7.84. The van der Waals surface area contributed by atoms with Gasteiger partial charge in [0, 0.05) is 23.6 Å². The van der Waals surface area contributed by atoms with Gasteiger partial charge in [-0.2, -0.15) is 4.37 Å². The molecule has 1 amide bonds.